The molecular formula is C16H9F6N3. The molecule has 0 saturated carbocycles. The second-order valence-corrected chi connectivity index (χ2v) is 5.16. The number of hydrogen-bond donors (Lipinski definition) is 1. The van der Waals surface area contributed by atoms with Gasteiger partial charge in [-0.1, -0.05) is 12.1 Å². The molecule has 0 unspecified atom stereocenters. The molecule has 3 nitrogen and oxygen atoms in total. The number of halogens is 6. The first kappa shape index (κ1) is 17.0. The minimum atomic E-state index is -4.91. The van der Waals surface area contributed by atoms with E-state index in [1.54, 1.807) is 24.3 Å². The van der Waals surface area contributed by atoms with Gasteiger partial charge in [0.05, 0.1) is 28.4 Å². The van der Waals surface area contributed by atoms with Crippen molar-refractivity contribution in [1.82, 2.24) is 9.97 Å². The molecule has 1 N–H and O–H groups in total. The third-order valence-corrected chi connectivity index (χ3v) is 3.31. The first-order chi connectivity index (χ1) is 11.6. The van der Waals surface area contributed by atoms with Gasteiger partial charge < -0.3 is 5.32 Å². The van der Waals surface area contributed by atoms with Crippen LogP contribution < -0.4 is 5.32 Å². The number of nitrogens with zero attached hydrogens (tertiary/aromatic N) is 2. The third-order valence-electron chi connectivity index (χ3n) is 3.31. The predicted molar refractivity (Wildman–Crippen MR) is 79.3 cm³/mol. The number of benzene rings is 2. The molecule has 3 rings (SSSR count). The van der Waals surface area contributed by atoms with Crippen LogP contribution >= 0.6 is 0 Å². The highest BCUT2D eigenvalue weighted by Crippen LogP contribution is 2.38. The molecule has 0 amide bonds. The van der Waals surface area contributed by atoms with E-state index in [9.17, 15) is 26.3 Å². The van der Waals surface area contributed by atoms with E-state index in [1.165, 1.54) is 6.20 Å². The maximum absolute atomic E-state index is 12.9. The quantitative estimate of drug-likeness (QED) is 0.623. The van der Waals surface area contributed by atoms with Gasteiger partial charge in [0.15, 0.2) is 0 Å². The van der Waals surface area contributed by atoms with Crippen LogP contribution in [0.1, 0.15) is 11.1 Å². The summed E-state index contributed by atoms with van der Waals surface area (Å²) >= 11 is 0. The van der Waals surface area contributed by atoms with E-state index in [0.29, 0.717) is 23.2 Å². The lowest BCUT2D eigenvalue weighted by atomic mass is 10.1. The molecule has 0 aliphatic heterocycles. The zero-order valence-electron chi connectivity index (χ0n) is 12.3. The molecule has 0 aliphatic carbocycles. The van der Waals surface area contributed by atoms with Gasteiger partial charge in [-0.05, 0) is 30.3 Å². The number of para-hydroxylation sites is 2. The number of hydrogen-bond acceptors (Lipinski definition) is 3. The van der Waals surface area contributed by atoms with Crippen molar-refractivity contribution in [3.8, 4) is 0 Å². The largest absolute Gasteiger partial charge is 0.416 e. The van der Waals surface area contributed by atoms with Gasteiger partial charge in [-0.2, -0.15) is 26.3 Å². The first-order valence-corrected chi connectivity index (χ1v) is 6.91. The van der Waals surface area contributed by atoms with Gasteiger partial charge in [0.1, 0.15) is 5.82 Å². The molecule has 0 spiro atoms. The summed E-state index contributed by atoms with van der Waals surface area (Å²) in [5, 5.41) is 2.45. The highest BCUT2D eigenvalue weighted by Gasteiger charge is 2.36. The Balaban J connectivity index is 2.03. The summed E-state index contributed by atoms with van der Waals surface area (Å²) in [5.74, 6) is 0.0335. The Morgan fingerprint density at radius 1 is 0.760 bits per heavy atom. The second-order valence-electron chi connectivity index (χ2n) is 5.16. The number of rotatable bonds is 2. The lowest BCUT2D eigenvalue weighted by molar-refractivity contribution is -0.143. The summed E-state index contributed by atoms with van der Waals surface area (Å²) in [6, 6.07) is 7.97. The molecule has 0 atom stereocenters. The molecule has 0 bridgehead atoms. The van der Waals surface area contributed by atoms with Crippen LogP contribution in [-0.2, 0) is 12.4 Å². The SMILES string of the molecule is FC(F)(F)c1cc(Nc2cnc3ccccc3n2)cc(C(F)(F)F)c1. The highest BCUT2D eigenvalue weighted by atomic mass is 19.4. The van der Waals surface area contributed by atoms with E-state index < -0.39 is 23.5 Å². The fraction of sp³-hybridized carbons (Fsp3) is 0.125. The van der Waals surface area contributed by atoms with Crippen LogP contribution in [0.4, 0.5) is 37.8 Å². The lowest BCUT2D eigenvalue weighted by Gasteiger charge is -2.15. The number of alkyl halides is 6. The van der Waals surface area contributed by atoms with Gasteiger partial charge in [-0.15, -0.1) is 0 Å². The van der Waals surface area contributed by atoms with Crippen molar-refractivity contribution in [2.24, 2.45) is 0 Å². The minimum Gasteiger partial charge on any atom is -0.339 e. The summed E-state index contributed by atoms with van der Waals surface area (Å²) in [4.78, 5) is 8.17. The Morgan fingerprint density at radius 2 is 1.32 bits per heavy atom. The molecule has 0 saturated heterocycles. The highest BCUT2D eigenvalue weighted by molar-refractivity contribution is 5.76. The average molecular weight is 357 g/mol. The summed E-state index contributed by atoms with van der Waals surface area (Å²) in [6.07, 6.45) is -8.59. The Morgan fingerprint density at radius 3 is 1.88 bits per heavy atom. The monoisotopic (exact) mass is 357 g/mol. The van der Waals surface area contributed by atoms with Crippen LogP contribution in [0.2, 0.25) is 0 Å². The third kappa shape index (κ3) is 3.81. The standard InChI is InChI=1S/C16H9F6N3/c17-15(18,19)9-5-10(16(20,21)22)7-11(6-9)24-14-8-23-12-3-1-2-4-13(12)25-14/h1-8H,(H,24,25). The van der Waals surface area contributed by atoms with Crippen LogP contribution in [0.5, 0.6) is 0 Å². The van der Waals surface area contributed by atoms with Crippen molar-refractivity contribution in [3.05, 3.63) is 59.8 Å². The second kappa shape index (κ2) is 5.91. The smallest absolute Gasteiger partial charge is 0.339 e. The van der Waals surface area contributed by atoms with E-state index >= 15 is 0 Å². The van der Waals surface area contributed by atoms with E-state index in [-0.39, 0.29) is 17.6 Å². The Hall–Kier alpha value is -2.84. The molecule has 25 heavy (non-hydrogen) atoms. The Bertz CT molecular complexity index is 885. The molecule has 0 aliphatic rings. The zero-order chi connectivity index (χ0) is 18.2. The van der Waals surface area contributed by atoms with Crippen LogP contribution in [0.25, 0.3) is 11.0 Å². The van der Waals surface area contributed by atoms with Gasteiger partial charge in [0.2, 0.25) is 0 Å². The molecule has 130 valence electrons. The van der Waals surface area contributed by atoms with Crippen LogP contribution in [0.15, 0.2) is 48.7 Å². The summed E-state index contributed by atoms with van der Waals surface area (Å²) < 4.78 is 77.2. The normalized spacial score (nSPS) is 12.4. The molecule has 2 aromatic carbocycles. The topological polar surface area (TPSA) is 37.8 Å². The van der Waals surface area contributed by atoms with Gasteiger partial charge in [0, 0.05) is 5.69 Å². The molecule has 1 heterocycles. The molecule has 9 heteroatoms. The van der Waals surface area contributed by atoms with Gasteiger partial charge in [0.25, 0.3) is 0 Å². The number of nitrogens with one attached hydrogen (secondary N) is 1. The van der Waals surface area contributed by atoms with Crippen LogP contribution in [0, 0.1) is 0 Å². The van der Waals surface area contributed by atoms with Crippen molar-refractivity contribution in [1.29, 1.82) is 0 Å². The van der Waals surface area contributed by atoms with E-state index in [4.69, 9.17) is 0 Å². The maximum atomic E-state index is 12.9. The average Bonchev–Trinajstić information content (AvgIpc) is 2.53. The van der Waals surface area contributed by atoms with Gasteiger partial charge in [-0.25, -0.2) is 4.98 Å². The van der Waals surface area contributed by atoms with E-state index in [1.807, 2.05) is 0 Å². The number of fused-ring (bicyclic) bond motifs is 1. The van der Waals surface area contributed by atoms with Gasteiger partial charge in [-0.3, -0.25) is 4.98 Å². The maximum Gasteiger partial charge on any atom is 0.416 e. The number of aromatic nitrogens is 2. The van der Waals surface area contributed by atoms with Crippen molar-refractivity contribution >= 4 is 22.5 Å². The molecule has 1 aromatic heterocycles. The summed E-state index contributed by atoms with van der Waals surface area (Å²) in [5.41, 5.74) is -2.19. The fourth-order valence-electron chi connectivity index (χ4n) is 2.19. The van der Waals surface area contributed by atoms with Crippen LogP contribution in [0.3, 0.4) is 0 Å². The summed E-state index contributed by atoms with van der Waals surface area (Å²) in [7, 11) is 0. The molecular weight excluding hydrogens is 348 g/mol. The molecule has 3 aromatic rings. The fourth-order valence-corrected chi connectivity index (χ4v) is 2.19. The van der Waals surface area contributed by atoms with Gasteiger partial charge >= 0.3 is 12.4 Å². The first-order valence-electron chi connectivity index (χ1n) is 6.91. The summed E-state index contributed by atoms with van der Waals surface area (Å²) in [6.45, 7) is 0. The van der Waals surface area contributed by atoms with Crippen molar-refractivity contribution in [3.63, 3.8) is 0 Å². The molecule has 0 radical (unpaired) electrons. The Kier molecular flexibility index (Phi) is 4.02. The number of anilines is 2. The van der Waals surface area contributed by atoms with Crippen molar-refractivity contribution in [2.45, 2.75) is 12.4 Å². The van der Waals surface area contributed by atoms with Crippen LogP contribution in [-0.4, -0.2) is 9.97 Å². The lowest BCUT2D eigenvalue weighted by Crippen LogP contribution is -2.11. The van der Waals surface area contributed by atoms with Crippen molar-refractivity contribution in [2.75, 3.05) is 5.32 Å². The Labute approximate surface area is 137 Å². The van der Waals surface area contributed by atoms with E-state index in [0.717, 1.165) is 0 Å². The van der Waals surface area contributed by atoms with Crippen molar-refractivity contribution < 1.29 is 26.3 Å². The zero-order valence-corrected chi connectivity index (χ0v) is 12.3. The van der Waals surface area contributed by atoms with E-state index in [2.05, 4.69) is 15.3 Å². The predicted octanol–water partition coefficient (Wildman–Crippen LogP) is 5.41. The minimum absolute atomic E-state index is 0.0335. The molecule has 0 fully saturated rings.